The van der Waals surface area contributed by atoms with Crippen LogP contribution in [0.3, 0.4) is 0 Å². The van der Waals surface area contributed by atoms with Crippen LogP contribution in [0.5, 0.6) is 0 Å². The fraction of sp³-hybridized carbons (Fsp3) is 0.261. The molecule has 4 rings (SSSR count). The number of nitrogens with zero attached hydrogens (tertiary/aromatic N) is 1. The second kappa shape index (κ2) is 6.17. The molecular formula is C23H24N2O. The number of anilines is 1. The summed E-state index contributed by atoms with van der Waals surface area (Å²) < 4.78 is 0. The normalized spacial score (nSPS) is 20.6. The molecule has 1 N–H and O–H groups in total. The van der Waals surface area contributed by atoms with Crippen LogP contribution in [0.1, 0.15) is 43.1 Å². The number of carbonyl (C=O) groups excluding carboxylic acids is 1. The Hall–Kier alpha value is -2.81. The van der Waals surface area contributed by atoms with Crippen molar-refractivity contribution in [2.24, 2.45) is 0 Å². The fourth-order valence-electron chi connectivity index (χ4n) is 3.96. The van der Waals surface area contributed by atoms with Crippen LogP contribution in [0.4, 0.5) is 5.69 Å². The van der Waals surface area contributed by atoms with E-state index < -0.39 is 5.66 Å². The van der Waals surface area contributed by atoms with Crippen LogP contribution in [0.2, 0.25) is 0 Å². The first kappa shape index (κ1) is 16.6. The highest BCUT2D eigenvalue weighted by Crippen LogP contribution is 2.40. The van der Waals surface area contributed by atoms with E-state index in [4.69, 9.17) is 0 Å². The Morgan fingerprint density at radius 1 is 1.00 bits per heavy atom. The second-order valence-electron chi connectivity index (χ2n) is 7.24. The molecule has 0 aliphatic carbocycles. The quantitative estimate of drug-likeness (QED) is 0.692. The molecule has 0 aromatic heterocycles. The molecule has 0 saturated heterocycles. The first-order valence-corrected chi connectivity index (χ1v) is 9.24. The van der Waals surface area contributed by atoms with Crippen molar-refractivity contribution in [2.45, 2.75) is 38.9 Å². The highest BCUT2D eigenvalue weighted by molar-refractivity contribution is 6.02. The van der Waals surface area contributed by atoms with E-state index in [9.17, 15) is 4.79 Å². The van der Waals surface area contributed by atoms with Crippen LogP contribution in [-0.4, -0.2) is 16.8 Å². The molecule has 0 spiro atoms. The Kier molecular flexibility index (Phi) is 3.95. The van der Waals surface area contributed by atoms with E-state index >= 15 is 0 Å². The summed E-state index contributed by atoms with van der Waals surface area (Å²) in [6.45, 7) is 6.35. The Labute approximate surface area is 154 Å². The third-order valence-electron chi connectivity index (χ3n) is 5.58. The van der Waals surface area contributed by atoms with Gasteiger partial charge in [-0.15, -0.1) is 0 Å². The number of benzene rings is 3. The molecule has 3 nitrogen and oxygen atoms in total. The molecule has 26 heavy (non-hydrogen) atoms. The molecule has 3 heteroatoms. The highest BCUT2D eigenvalue weighted by Gasteiger charge is 2.44. The molecule has 1 aliphatic heterocycles. The molecule has 0 radical (unpaired) electrons. The van der Waals surface area contributed by atoms with Gasteiger partial charge < -0.3 is 10.2 Å². The van der Waals surface area contributed by atoms with Gasteiger partial charge in [0.05, 0.1) is 5.56 Å². The van der Waals surface area contributed by atoms with Crippen LogP contribution in [-0.2, 0) is 5.66 Å². The lowest BCUT2D eigenvalue weighted by molar-refractivity contribution is 0.0400. The summed E-state index contributed by atoms with van der Waals surface area (Å²) >= 11 is 0. The lowest BCUT2D eigenvalue weighted by atomic mass is 9.90. The molecule has 1 aliphatic rings. The molecule has 3 aromatic carbocycles. The van der Waals surface area contributed by atoms with Gasteiger partial charge in [-0.1, -0.05) is 55.5 Å². The van der Waals surface area contributed by atoms with Gasteiger partial charge in [0.25, 0.3) is 5.91 Å². The van der Waals surface area contributed by atoms with Gasteiger partial charge in [-0.25, -0.2) is 0 Å². The standard InChI is InChI=1S/C23H24N2O/c1-4-16(2)25-22(26)20-11-7-8-12-21(20)24-23(25,3)19-14-13-17-9-5-6-10-18(17)15-19/h5-16,24H,4H2,1-3H3. The number of hydrogen-bond acceptors (Lipinski definition) is 2. The average Bonchev–Trinajstić information content (AvgIpc) is 2.67. The fourth-order valence-corrected chi connectivity index (χ4v) is 3.96. The number of hydrogen-bond donors (Lipinski definition) is 1. The largest absolute Gasteiger partial charge is 0.358 e. The molecule has 132 valence electrons. The topological polar surface area (TPSA) is 32.3 Å². The molecule has 1 heterocycles. The lowest BCUT2D eigenvalue weighted by Crippen LogP contribution is -2.58. The number of fused-ring (bicyclic) bond motifs is 2. The zero-order valence-corrected chi connectivity index (χ0v) is 15.5. The maximum atomic E-state index is 13.4. The smallest absolute Gasteiger partial charge is 0.258 e. The zero-order valence-electron chi connectivity index (χ0n) is 15.5. The molecule has 2 atom stereocenters. The average molecular weight is 344 g/mol. The summed E-state index contributed by atoms with van der Waals surface area (Å²) in [6, 6.07) is 22.7. The van der Waals surface area contributed by atoms with Crippen molar-refractivity contribution in [2.75, 3.05) is 5.32 Å². The predicted octanol–water partition coefficient (Wildman–Crippen LogP) is 5.38. The molecular weight excluding hydrogens is 320 g/mol. The van der Waals surface area contributed by atoms with E-state index in [1.807, 2.05) is 35.2 Å². The molecule has 3 aromatic rings. The van der Waals surface area contributed by atoms with Gasteiger partial charge in [0.1, 0.15) is 5.66 Å². The number of carbonyl (C=O) groups is 1. The van der Waals surface area contributed by atoms with E-state index in [1.165, 1.54) is 10.8 Å². The van der Waals surface area contributed by atoms with Crippen molar-refractivity contribution in [3.8, 4) is 0 Å². The van der Waals surface area contributed by atoms with Crippen molar-refractivity contribution >= 4 is 22.4 Å². The van der Waals surface area contributed by atoms with E-state index in [-0.39, 0.29) is 11.9 Å². The van der Waals surface area contributed by atoms with Gasteiger partial charge in [-0.3, -0.25) is 4.79 Å². The van der Waals surface area contributed by atoms with Gasteiger partial charge >= 0.3 is 0 Å². The highest BCUT2D eigenvalue weighted by atomic mass is 16.2. The zero-order chi connectivity index (χ0) is 18.3. The SMILES string of the molecule is CCC(C)N1C(=O)c2ccccc2NC1(C)c1ccc2ccccc2c1. The number of nitrogens with one attached hydrogen (secondary N) is 1. The summed E-state index contributed by atoms with van der Waals surface area (Å²) in [7, 11) is 0. The van der Waals surface area contributed by atoms with Crippen molar-refractivity contribution in [1.82, 2.24) is 4.90 Å². The number of amides is 1. The summed E-state index contributed by atoms with van der Waals surface area (Å²) in [6.07, 6.45) is 0.902. The third-order valence-corrected chi connectivity index (χ3v) is 5.58. The summed E-state index contributed by atoms with van der Waals surface area (Å²) in [5, 5.41) is 6.04. The first-order chi connectivity index (χ1) is 12.5. The van der Waals surface area contributed by atoms with Crippen molar-refractivity contribution < 1.29 is 4.79 Å². The summed E-state index contributed by atoms with van der Waals surface area (Å²) in [5.74, 6) is 0.0874. The maximum Gasteiger partial charge on any atom is 0.258 e. The molecule has 0 saturated carbocycles. The number of para-hydroxylation sites is 1. The van der Waals surface area contributed by atoms with Crippen LogP contribution >= 0.6 is 0 Å². The van der Waals surface area contributed by atoms with E-state index in [0.29, 0.717) is 0 Å². The predicted molar refractivity (Wildman–Crippen MR) is 107 cm³/mol. The van der Waals surface area contributed by atoms with Gasteiger partial charge in [-0.05, 0) is 54.8 Å². The monoisotopic (exact) mass is 344 g/mol. The Balaban J connectivity index is 1.91. The Bertz CT molecular complexity index is 981. The second-order valence-corrected chi connectivity index (χ2v) is 7.24. The van der Waals surface area contributed by atoms with Gasteiger partial charge in [0.15, 0.2) is 0 Å². The van der Waals surface area contributed by atoms with E-state index in [2.05, 4.69) is 62.5 Å². The Morgan fingerprint density at radius 3 is 2.46 bits per heavy atom. The van der Waals surface area contributed by atoms with Gasteiger partial charge in [0.2, 0.25) is 0 Å². The van der Waals surface area contributed by atoms with Crippen LogP contribution in [0, 0.1) is 0 Å². The van der Waals surface area contributed by atoms with E-state index in [1.54, 1.807) is 0 Å². The third kappa shape index (κ3) is 2.47. The molecule has 0 bridgehead atoms. The van der Waals surface area contributed by atoms with Crippen LogP contribution < -0.4 is 5.32 Å². The van der Waals surface area contributed by atoms with Crippen molar-refractivity contribution in [3.05, 3.63) is 77.9 Å². The van der Waals surface area contributed by atoms with Gasteiger partial charge in [-0.2, -0.15) is 0 Å². The lowest BCUT2D eigenvalue weighted by Gasteiger charge is -2.49. The van der Waals surface area contributed by atoms with Crippen molar-refractivity contribution in [1.29, 1.82) is 0 Å². The molecule has 1 amide bonds. The first-order valence-electron chi connectivity index (χ1n) is 9.24. The van der Waals surface area contributed by atoms with Crippen LogP contribution in [0.25, 0.3) is 10.8 Å². The minimum atomic E-state index is -0.592. The maximum absolute atomic E-state index is 13.4. The molecule has 0 fully saturated rings. The van der Waals surface area contributed by atoms with E-state index in [0.717, 1.165) is 23.2 Å². The minimum absolute atomic E-state index is 0.0874. The minimum Gasteiger partial charge on any atom is -0.358 e. The summed E-state index contributed by atoms with van der Waals surface area (Å²) in [4.78, 5) is 15.4. The van der Waals surface area contributed by atoms with Crippen LogP contribution in [0.15, 0.2) is 66.7 Å². The van der Waals surface area contributed by atoms with Crippen molar-refractivity contribution in [3.63, 3.8) is 0 Å². The molecule has 2 unspecified atom stereocenters. The van der Waals surface area contributed by atoms with Gasteiger partial charge in [0, 0.05) is 11.7 Å². The number of rotatable bonds is 3. The summed E-state index contributed by atoms with van der Waals surface area (Å²) in [5.41, 5.74) is 2.14. The Morgan fingerprint density at radius 2 is 1.69 bits per heavy atom.